The van der Waals surface area contributed by atoms with Crippen molar-refractivity contribution >= 4 is 0 Å². The number of allylic oxidation sites excluding steroid dienone is 3. The van der Waals surface area contributed by atoms with Crippen molar-refractivity contribution in [2.45, 2.75) is 32.7 Å². The number of nitrogens with two attached hydrogens (primary N) is 1. The molecular formula is C9H15N. The SMILES string of the molecule is CC1=CC=C([C@H](C)N)CC1. The summed E-state index contributed by atoms with van der Waals surface area (Å²) in [7, 11) is 0. The molecule has 1 atom stereocenters. The Morgan fingerprint density at radius 2 is 2.10 bits per heavy atom. The molecule has 0 saturated carbocycles. The van der Waals surface area contributed by atoms with E-state index in [0.717, 1.165) is 6.42 Å². The van der Waals surface area contributed by atoms with Gasteiger partial charge in [0.1, 0.15) is 0 Å². The lowest BCUT2D eigenvalue weighted by atomic mass is 9.95. The highest BCUT2D eigenvalue weighted by atomic mass is 14.6. The Morgan fingerprint density at radius 1 is 1.40 bits per heavy atom. The van der Waals surface area contributed by atoms with E-state index in [9.17, 15) is 0 Å². The van der Waals surface area contributed by atoms with Crippen molar-refractivity contribution in [3.8, 4) is 0 Å². The molecule has 0 aliphatic heterocycles. The minimum atomic E-state index is 0.240. The molecule has 10 heavy (non-hydrogen) atoms. The average Bonchev–Trinajstić information content (AvgIpc) is 1.88. The van der Waals surface area contributed by atoms with Gasteiger partial charge in [0.25, 0.3) is 0 Å². The largest absolute Gasteiger partial charge is 0.324 e. The molecule has 0 aromatic heterocycles. The molecule has 1 nitrogen and oxygen atoms in total. The van der Waals surface area contributed by atoms with Crippen LogP contribution in [0.1, 0.15) is 26.7 Å². The molecular weight excluding hydrogens is 122 g/mol. The molecule has 1 rings (SSSR count). The second kappa shape index (κ2) is 3.02. The molecule has 0 amide bonds. The van der Waals surface area contributed by atoms with Gasteiger partial charge in [0.2, 0.25) is 0 Å². The van der Waals surface area contributed by atoms with Gasteiger partial charge in [-0.05, 0) is 26.7 Å². The van der Waals surface area contributed by atoms with Crippen LogP contribution in [0.2, 0.25) is 0 Å². The predicted molar refractivity (Wildman–Crippen MR) is 44.7 cm³/mol. The van der Waals surface area contributed by atoms with Gasteiger partial charge in [-0.2, -0.15) is 0 Å². The Balaban J connectivity index is 2.64. The van der Waals surface area contributed by atoms with E-state index in [2.05, 4.69) is 19.1 Å². The van der Waals surface area contributed by atoms with Crippen molar-refractivity contribution in [2.24, 2.45) is 5.73 Å². The number of rotatable bonds is 1. The molecule has 0 radical (unpaired) electrons. The van der Waals surface area contributed by atoms with E-state index in [-0.39, 0.29) is 6.04 Å². The standard InChI is InChI=1S/C9H15N/c1-7-3-5-9(6-4-7)8(2)10/h3,5,8H,4,6,10H2,1-2H3/t8-/m0/s1. The second-order valence-corrected chi connectivity index (χ2v) is 3.04. The summed E-state index contributed by atoms with van der Waals surface area (Å²) < 4.78 is 0. The van der Waals surface area contributed by atoms with E-state index in [1.165, 1.54) is 17.6 Å². The van der Waals surface area contributed by atoms with Crippen LogP contribution in [0.3, 0.4) is 0 Å². The maximum Gasteiger partial charge on any atom is 0.0228 e. The highest BCUT2D eigenvalue weighted by Gasteiger charge is 2.05. The van der Waals surface area contributed by atoms with Crippen LogP contribution in [-0.4, -0.2) is 6.04 Å². The fourth-order valence-corrected chi connectivity index (χ4v) is 1.14. The smallest absolute Gasteiger partial charge is 0.0228 e. The molecule has 2 N–H and O–H groups in total. The van der Waals surface area contributed by atoms with Gasteiger partial charge in [-0.1, -0.05) is 23.3 Å². The van der Waals surface area contributed by atoms with Gasteiger partial charge in [0.05, 0.1) is 0 Å². The fourth-order valence-electron chi connectivity index (χ4n) is 1.14. The molecule has 0 aromatic rings. The minimum absolute atomic E-state index is 0.240. The minimum Gasteiger partial charge on any atom is -0.324 e. The van der Waals surface area contributed by atoms with Crippen LogP contribution in [0, 0.1) is 0 Å². The van der Waals surface area contributed by atoms with E-state index in [0.29, 0.717) is 0 Å². The molecule has 1 aliphatic rings. The van der Waals surface area contributed by atoms with E-state index < -0.39 is 0 Å². The summed E-state index contributed by atoms with van der Waals surface area (Å²) >= 11 is 0. The Bertz CT molecular complexity index is 175. The molecule has 0 fully saturated rings. The predicted octanol–water partition coefficient (Wildman–Crippen LogP) is 2.00. The van der Waals surface area contributed by atoms with E-state index >= 15 is 0 Å². The molecule has 56 valence electrons. The third kappa shape index (κ3) is 1.71. The molecule has 1 aliphatic carbocycles. The first-order chi connectivity index (χ1) is 4.70. The van der Waals surface area contributed by atoms with Gasteiger partial charge in [-0.15, -0.1) is 0 Å². The van der Waals surface area contributed by atoms with Gasteiger partial charge >= 0.3 is 0 Å². The van der Waals surface area contributed by atoms with Crippen molar-refractivity contribution in [2.75, 3.05) is 0 Å². The van der Waals surface area contributed by atoms with E-state index in [1.807, 2.05) is 6.92 Å². The first-order valence-electron chi connectivity index (χ1n) is 3.82. The van der Waals surface area contributed by atoms with Crippen LogP contribution in [0.4, 0.5) is 0 Å². The summed E-state index contributed by atoms with van der Waals surface area (Å²) in [5.74, 6) is 0. The highest BCUT2D eigenvalue weighted by Crippen LogP contribution is 2.18. The number of hydrogen-bond acceptors (Lipinski definition) is 1. The van der Waals surface area contributed by atoms with Crippen LogP contribution >= 0.6 is 0 Å². The third-order valence-corrected chi connectivity index (χ3v) is 1.97. The summed E-state index contributed by atoms with van der Waals surface area (Å²) in [5, 5.41) is 0. The van der Waals surface area contributed by atoms with Crippen LogP contribution in [0.25, 0.3) is 0 Å². The topological polar surface area (TPSA) is 26.0 Å². The third-order valence-electron chi connectivity index (χ3n) is 1.97. The van der Waals surface area contributed by atoms with Gasteiger partial charge in [-0.25, -0.2) is 0 Å². The molecule has 0 aromatic carbocycles. The normalized spacial score (nSPS) is 21.5. The van der Waals surface area contributed by atoms with Crippen molar-refractivity contribution in [1.82, 2.24) is 0 Å². The lowest BCUT2D eigenvalue weighted by Gasteiger charge is -2.14. The summed E-state index contributed by atoms with van der Waals surface area (Å²) in [5.41, 5.74) is 8.56. The quantitative estimate of drug-likeness (QED) is 0.587. The van der Waals surface area contributed by atoms with Crippen LogP contribution < -0.4 is 5.73 Å². The summed E-state index contributed by atoms with van der Waals surface area (Å²) in [6.07, 6.45) is 6.67. The Hall–Kier alpha value is -0.560. The van der Waals surface area contributed by atoms with E-state index in [4.69, 9.17) is 5.73 Å². The lowest BCUT2D eigenvalue weighted by Crippen LogP contribution is -2.18. The van der Waals surface area contributed by atoms with Gasteiger partial charge < -0.3 is 5.73 Å². The van der Waals surface area contributed by atoms with Crippen molar-refractivity contribution in [1.29, 1.82) is 0 Å². The lowest BCUT2D eigenvalue weighted by molar-refractivity contribution is 0.766. The van der Waals surface area contributed by atoms with Gasteiger partial charge in [0.15, 0.2) is 0 Å². The molecule has 0 spiro atoms. The van der Waals surface area contributed by atoms with Crippen molar-refractivity contribution < 1.29 is 0 Å². The second-order valence-electron chi connectivity index (χ2n) is 3.04. The maximum atomic E-state index is 5.72. The maximum absolute atomic E-state index is 5.72. The number of hydrogen-bond donors (Lipinski definition) is 1. The first-order valence-corrected chi connectivity index (χ1v) is 3.82. The molecule has 0 unspecified atom stereocenters. The van der Waals surface area contributed by atoms with Crippen LogP contribution in [0.5, 0.6) is 0 Å². The first kappa shape index (κ1) is 7.55. The van der Waals surface area contributed by atoms with Gasteiger partial charge in [-0.3, -0.25) is 0 Å². The zero-order valence-corrected chi connectivity index (χ0v) is 6.72. The van der Waals surface area contributed by atoms with Crippen molar-refractivity contribution in [3.63, 3.8) is 0 Å². The zero-order chi connectivity index (χ0) is 7.56. The summed E-state index contributed by atoms with van der Waals surface area (Å²) in [4.78, 5) is 0. The Kier molecular flexibility index (Phi) is 2.28. The van der Waals surface area contributed by atoms with Crippen LogP contribution in [-0.2, 0) is 0 Å². The van der Waals surface area contributed by atoms with Crippen LogP contribution in [0.15, 0.2) is 23.3 Å². The molecule has 0 bridgehead atoms. The molecule has 0 saturated heterocycles. The van der Waals surface area contributed by atoms with Gasteiger partial charge in [0, 0.05) is 6.04 Å². The zero-order valence-electron chi connectivity index (χ0n) is 6.72. The summed E-state index contributed by atoms with van der Waals surface area (Å²) in [6, 6.07) is 0.240. The molecule has 1 heteroatoms. The Labute approximate surface area is 62.6 Å². The summed E-state index contributed by atoms with van der Waals surface area (Å²) in [6.45, 7) is 4.20. The average molecular weight is 137 g/mol. The Morgan fingerprint density at radius 3 is 2.50 bits per heavy atom. The monoisotopic (exact) mass is 137 g/mol. The molecule has 0 heterocycles. The van der Waals surface area contributed by atoms with Crippen molar-refractivity contribution in [3.05, 3.63) is 23.3 Å². The fraction of sp³-hybridized carbons (Fsp3) is 0.556. The van der Waals surface area contributed by atoms with E-state index in [1.54, 1.807) is 0 Å². The highest BCUT2D eigenvalue weighted by molar-refractivity contribution is 5.25.